The van der Waals surface area contributed by atoms with Gasteiger partial charge in [0, 0.05) is 31.0 Å². The number of rotatable bonds is 19. The number of carbonyl (C=O) groups excluding carboxylic acids is 4. The number of methoxy groups -OCH3 is 3. The summed E-state index contributed by atoms with van der Waals surface area (Å²) in [7, 11) is 4.40. The number of amides is 3. The van der Waals surface area contributed by atoms with E-state index in [0.717, 1.165) is 38.2 Å². The molecule has 3 amide bonds. The molecular formula is C42H51ClN6O7. The minimum atomic E-state index is -1.15. The molecule has 0 saturated heterocycles. The van der Waals surface area contributed by atoms with E-state index in [-0.39, 0.29) is 44.2 Å². The number of nitrogens with zero attached hydrogens (tertiary/aromatic N) is 1. The fraction of sp³-hybridized carbons (Fsp3) is 0.310. The molecule has 0 fully saturated rings. The van der Waals surface area contributed by atoms with Gasteiger partial charge in [-0.2, -0.15) is 0 Å². The van der Waals surface area contributed by atoms with Gasteiger partial charge in [-0.15, -0.1) is 25.6 Å². The van der Waals surface area contributed by atoms with Crippen molar-refractivity contribution in [1.29, 1.82) is 0 Å². The third-order valence-corrected chi connectivity index (χ3v) is 9.08. The predicted molar refractivity (Wildman–Crippen MR) is 223 cm³/mol. The molecule has 0 bridgehead atoms. The Labute approximate surface area is 333 Å². The van der Waals surface area contributed by atoms with Crippen LogP contribution in [-0.4, -0.2) is 75.7 Å². The first-order valence-electron chi connectivity index (χ1n) is 17.9. The number of nitrogens with two attached hydrogens (primary N) is 2. The van der Waals surface area contributed by atoms with Crippen molar-refractivity contribution in [3.05, 3.63) is 97.1 Å². The molecule has 0 heterocycles. The van der Waals surface area contributed by atoms with Gasteiger partial charge < -0.3 is 41.6 Å². The number of nitrogens with one attached hydrogen (secondary N) is 3. The standard InChI is InChI=1S/C42H50N6O7.ClH/c1-7-14-28-22-26-16-9-11-18-30(26)35(37(28)53-4)36-31-19-12-10-17-27(31)23-29(38(36)54-5)24-34(46-25(3)49)40(51)47-32(20-13-21-45-42(43)44)39(50)48-33(15-8-2)41(52)55-6;/h7-12,16-19,22-23,32-34H,1-2,13-15,20-21,24H2,3-6H3,(H,46,49)(H,47,51)(H,48,50)(H4,43,44,45);1H/t32-,33+,34?;/m1./s1. The van der Waals surface area contributed by atoms with Crippen molar-refractivity contribution in [2.75, 3.05) is 27.9 Å². The lowest BCUT2D eigenvalue weighted by atomic mass is 9.87. The number of ether oxygens (including phenoxy) is 3. The zero-order valence-corrected chi connectivity index (χ0v) is 33.0. The number of allylic oxidation sites excluding steroid dienone is 1. The number of fused-ring (bicyclic) bond motifs is 2. The number of halogens is 1. The Bertz CT molecular complexity index is 2100. The van der Waals surface area contributed by atoms with Gasteiger partial charge in [0.15, 0.2) is 5.96 Å². The van der Waals surface area contributed by atoms with E-state index in [9.17, 15) is 19.2 Å². The quantitative estimate of drug-likeness (QED) is 0.0296. The van der Waals surface area contributed by atoms with Gasteiger partial charge in [-0.3, -0.25) is 19.4 Å². The van der Waals surface area contributed by atoms with Crippen molar-refractivity contribution in [3.63, 3.8) is 0 Å². The average Bonchev–Trinajstić information content (AvgIpc) is 3.16. The molecule has 0 saturated carbocycles. The van der Waals surface area contributed by atoms with Crippen LogP contribution in [0, 0.1) is 0 Å². The fourth-order valence-corrected chi connectivity index (χ4v) is 6.71. The van der Waals surface area contributed by atoms with Crippen molar-refractivity contribution < 1.29 is 33.4 Å². The number of carbonyl (C=O) groups is 4. The van der Waals surface area contributed by atoms with E-state index >= 15 is 0 Å². The zero-order valence-electron chi connectivity index (χ0n) is 32.2. The van der Waals surface area contributed by atoms with Crippen LogP contribution in [0.4, 0.5) is 0 Å². The highest BCUT2D eigenvalue weighted by atomic mass is 35.5. The van der Waals surface area contributed by atoms with Crippen LogP contribution in [0.25, 0.3) is 32.7 Å². The van der Waals surface area contributed by atoms with Crippen LogP contribution in [0.3, 0.4) is 0 Å². The van der Waals surface area contributed by atoms with Gasteiger partial charge in [-0.25, -0.2) is 4.79 Å². The van der Waals surface area contributed by atoms with Crippen LogP contribution in [0.2, 0.25) is 0 Å². The molecule has 0 aliphatic carbocycles. The van der Waals surface area contributed by atoms with Crippen molar-refractivity contribution in [2.45, 2.75) is 57.2 Å². The highest BCUT2D eigenvalue weighted by Crippen LogP contribution is 2.48. The molecule has 298 valence electrons. The molecule has 0 aliphatic heterocycles. The fourth-order valence-electron chi connectivity index (χ4n) is 6.71. The molecule has 0 aliphatic rings. The Morgan fingerprint density at radius 3 is 1.82 bits per heavy atom. The second-order valence-corrected chi connectivity index (χ2v) is 12.9. The minimum absolute atomic E-state index is 0. The van der Waals surface area contributed by atoms with Crippen LogP contribution >= 0.6 is 12.4 Å². The lowest BCUT2D eigenvalue weighted by molar-refractivity contribution is -0.145. The number of esters is 1. The molecule has 4 aromatic rings. The summed E-state index contributed by atoms with van der Waals surface area (Å²) in [6.45, 7) is 9.11. The summed E-state index contributed by atoms with van der Waals surface area (Å²) in [6, 6.07) is 16.5. The summed E-state index contributed by atoms with van der Waals surface area (Å²) in [5.74, 6) is -1.38. The highest BCUT2D eigenvalue weighted by Gasteiger charge is 2.31. The van der Waals surface area contributed by atoms with Crippen molar-refractivity contribution in [1.82, 2.24) is 16.0 Å². The summed E-state index contributed by atoms with van der Waals surface area (Å²) < 4.78 is 17.2. The SMILES string of the molecule is C=CCc1cc2ccccc2c(-c2c(OC)c(CC(NC(C)=O)C(=O)N[C@H](CCCN=C(N)N)C(=O)N[C@@H](CC=C)C(=O)OC)cc3ccccc23)c1OC.Cl. The lowest BCUT2D eigenvalue weighted by Crippen LogP contribution is -2.56. The zero-order chi connectivity index (χ0) is 40.1. The Balaban J connectivity index is 0.00000841. The predicted octanol–water partition coefficient (Wildman–Crippen LogP) is 4.65. The molecule has 0 radical (unpaired) electrons. The molecule has 4 aromatic carbocycles. The van der Waals surface area contributed by atoms with E-state index in [1.807, 2.05) is 60.7 Å². The number of hydrogen-bond donors (Lipinski definition) is 5. The van der Waals surface area contributed by atoms with Gasteiger partial charge in [0.05, 0.1) is 21.3 Å². The summed E-state index contributed by atoms with van der Waals surface area (Å²) in [6.07, 6.45) is 4.36. The highest BCUT2D eigenvalue weighted by molar-refractivity contribution is 6.11. The van der Waals surface area contributed by atoms with E-state index in [1.165, 1.54) is 20.1 Å². The molecule has 13 nitrogen and oxygen atoms in total. The number of benzene rings is 4. The Morgan fingerprint density at radius 1 is 0.768 bits per heavy atom. The maximum atomic E-state index is 14.2. The summed E-state index contributed by atoms with van der Waals surface area (Å²) in [5, 5.41) is 11.9. The molecule has 56 heavy (non-hydrogen) atoms. The van der Waals surface area contributed by atoms with Crippen LogP contribution < -0.4 is 36.9 Å². The third kappa shape index (κ3) is 10.8. The summed E-state index contributed by atoms with van der Waals surface area (Å²) in [5.41, 5.74) is 14.1. The van der Waals surface area contributed by atoms with Gasteiger partial charge in [-0.05, 0) is 70.5 Å². The maximum Gasteiger partial charge on any atom is 0.328 e. The van der Waals surface area contributed by atoms with Gasteiger partial charge in [0.2, 0.25) is 17.7 Å². The first kappa shape index (κ1) is 44.3. The van der Waals surface area contributed by atoms with Gasteiger partial charge in [-0.1, -0.05) is 60.7 Å². The molecule has 4 rings (SSSR count). The third-order valence-electron chi connectivity index (χ3n) is 9.08. The van der Waals surface area contributed by atoms with Crippen molar-refractivity contribution in [2.24, 2.45) is 16.5 Å². The normalized spacial score (nSPS) is 12.2. The van der Waals surface area contributed by atoms with Gasteiger partial charge >= 0.3 is 5.97 Å². The topological polar surface area (TPSA) is 196 Å². The van der Waals surface area contributed by atoms with Crippen LogP contribution in [0.15, 0.2) is 91.0 Å². The second kappa shape index (κ2) is 21.1. The molecule has 3 atom stereocenters. The van der Waals surface area contributed by atoms with E-state index in [0.29, 0.717) is 29.9 Å². The molecule has 0 aromatic heterocycles. The maximum absolute atomic E-state index is 14.2. The van der Waals surface area contributed by atoms with Crippen LogP contribution in [0.1, 0.15) is 37.3 Å². The summed E-state index contributed by atoms with van der Waals surface area (Å²) in [4.78, 5) is 56.8. The van der Waals surface area contributed by atoms with E-state index in [2.05, 4.69) is 40.2 Å². The Kier molecular flexibility index (Phi) is 16.7. The average molecular weight is 787 g/mol. The summed E-state index contributed by atoms with van der Waals surface area (Å²) >= 11 is 0. The number of hydrogen-bond acceptors (Lipinski definition) is 8. The van der Waals surface area contributed by atoms with Gasteiger partial charge in [0.1, 0.15) is 29.6 Å². The van der Waals surface area contributed by atoms with E-state index in [1.54, 1.807) is 14.2 Å². The second-order valence-electron chi connectivity index (χ2n) is 12.9. The molecule has 0 spiro atoms. The Morgan fingerprint density at radius 2 is 1.30 bits per heavy atom. The van der Waals surface area contributed by atoms with Crippen LogP contribution in [-0.2, 0) is 36.8 Å². The van der Waals surface area contributed by atoms with E-state index < -0.39 is 41.8 Å². The number of guanidine groups is 1. The molecular weight excluding hydrogens is 736 g/mol. The van der Waals surface area contributed by atoms with E-state index in [4.69, 9.17) is 25.7 Å². The first-order valence-corrected chi connectivity index (χ1v) is 17.9. The molecule has 14 heteroatoms. The van der Waals surface area contributed by atoms with Crippen molar-refractivity contribution in [3.8, 4) is 22.6 Å². The number of aliphatic imine (C=N–C) groups is 1. The lowest BCUT2D eigenvalue weighted by Gasteiger charge is -2.26. The smallest absolute Gasteiger partial charge is 0.328 e. The first-order chi connectivity index (χ1) is 26.5. The van der Waals surface area contributed by atoms with Gasteiger partial charge in [0.25, 0.3) is 0 Å². The minimum Gasteiger partial charge on any atom is -0.496 e. The molecule has 7 N–H and O–H groups in total. The largest absolute Gasteiger partial charge is 0.496 e. The van der Waals surface area contributed by atoms with Crippen molar-refractivity contribution >= 4 is 63.6 Å². The molecule has 1 unspecified atom stereocenters. The monoisotopic (exact) mass is 786 g/mol. The van der Waals surface area contributed by atoms with Crippen LogP contribution in [0.5, 0.6) is 11.5 Å². The Hall–Kier alpha value is -6.08.